The summed E-state index contributed by atoms with van der Waals surface area (Å²) in [6.07, 6.45) is 0. The zero-order valence-corrected chi connectivity index (χ0v) is 14.7. The van der Waals surface area contributed by atoms with Gasteiger partial charge in [-0.15, -0.1) is 0 Å². The van der Waals surface area contributed by atoms with Gasteiger partial charge < -0.3 is 10.8 Å². The van der Waals surface area contributed by atoms with Crippen LogP contribution in [0.4, 0.5) is 5.69 Å². The number of rotatable bonds is 3. The number of fused-ring (bicyclic) bond motifs is 2. The first-order chi connectivity index (χ1) is 13.0. The van der Waals surface area contributed by atoms with Gasteiger partial charge in [0, 0.05) is 32.2 Å². The van der Waals surface area contributed by atoms with Crippen LogP contribution in [-0.2, 0) is 0 Å². The number of carboxylic acids is 1. The molecule has 6 heteroatoms. The van der Waals surface area contributed by atoms with Crippen molar-refractivity contribution >= 4 is 35.0 Å². The average molecular weight is 375 g/mol. The van der Waals surface area contributed by atoms with Gasteiger partial charge in [-0.05, 0) is 24.3 Å². The van der Waals surface area contributed by atoms with E-state index in [0.29, 0.717) is 20.9 Å². The fourth-order valence-corrected chi connectivity index (χ4v) is 4.24. The van der Waals surface area contributed by atoms with E-state index < -0.39 is 5.97 Å². The van der Waals surface area contributed by atoms with Gasteiger partial charge in [-0.3, -0.25) is 9.59 Å². The third kappa shape index (κ3) is 2.71. The molecule has 3 aromatic rings. The molecule has 0 amide bonds. The second-order valence-electron chi connectivity index (χ2n) is 6.01. The van der Waals surface area contributed by atoms with Gasteiger partial charge in [-0.2, -0.15) is 0 Å². The highest BCUT2D eigenvalue weighted by Crippen LogP contribution is 2.40. The zero-order valence-electron chi connectivity index (χ0n) is 13.9. The van der Waals surface area contributed by atoms with E-state index in [-0.39, 0.29) is 33.9 Å². The number of aromatic carboxylic acids is 1. The quantitative estimate of drug-likeness (QED) is 0.527. The van der Waals surface area contributed by atoms with Crippen LogP contribution in [0.1, 0.15) is 42.2 Å². The van der Waals surface area contributed by atoms with E-state index in [9.17, 15) is 19.5 Å². The molecule has 0 radical (unpaired) electrons. The van der Waals surface area contributed by atoms with E-state index in [0.717, 1.165) is 11.8 Å². The number of ketones is 2. The fourth-order valence-electron chi connectivity index (χ4n) is 3.15. The van der Waals surface area contributed by atoms with Gasteiger partial charge in [0.15, 0.2) is 11.6 Å². The largest absolute Gasteiger partial charge is 0.478 e. The lowest BCUT2D eigenvalue weighted by molar-refractivity contribution is 0.0692. The number of benzene rings is 3. The normalized spacial score (nSPS) is 12.4. The number of nitrogen functional groups attached to an aromatic ring is 1. The lowest BCUT2D eigenvalue weighted by Crippen LogP contribution is -2.23. The zero-order chi connectivity index (χ0) is 19.1. The van der Waals surface area contributed by atoms with Crippen molar-refractivity contribution in [2.24, 2.45) is 0 Å². The monoisotopic (exact) mass is 375 g/mol. The van der Waals surface area contributed by atoms with Gasteiger partial charge in [0.1, 0.15) is 0 Å². The molecule has 1 aliphatic rings. The molecule has 132 valence electrons. The van der Waals surface area contributed by atoms with Crippen molar-refractivity contribution in [2.75, 3.05) is 5.73 Å². The molecule has 3 aromatic carbocycles. The first-order valence-corrected chi connectivity index (χ1v) is 8.91. The van der Waals surface area contributed by atoms with Crippen LogP contribution in [0.25, 0.3) is 0 Å². The summed E-state index contributed by atoms with van der Waals surface area (Å²) in [6.45, 7) is 0. The Morgan fingerprint density at radius 2 is 1.37 bits per heavy atom. The Morgan fingerprint density at radius 1 is 0.778 bits per heavy atom. The van der Waals surface area contributed by atoms with E-state index in [2.05, 4.69) is 0 Å². The molecular formula is C21H13NO4S. The van der Waals surface area contributed by atoms with Gasteiger partial charge in [-0.1, -0.05) is 48.2 Å². The van der Waals surface area contributed by atoms with Gasteiger partial charge in [-0.25, -0.2) is 4.79 Å². The average Bonchev–Trinajstić information content (AvgIpc) is 2.67. The summed E-state index contributed by atoms with van der Waals surface area (Å²) >= 11 is 1.14. The molecule has 0 saturated heterocycles. The third-order valence-corrected chi connectivity index (χ3v) is 5.54. The molecule has 4 rings (SSSR count). The predicted octanol–water partition coefficient (Wildman–Crippen LogP) is 3.89. The van der Waals surface area contributed by atoms with Crippen molar-refractivity contribution < 1.29 is 19.5 Å². The molecule has 0 unspecified atom stereocenters. The second-order valence-corrected chi connectivity index (χ2v) is 7.09. The van der Waals surface area contributed by atoms with Crippen LogP contribution >= 0.6 is 11.8 Å². The van der Waals surface area contributed by atoms with Crippen molar-refractivity contribution in [1.29, 1.82) is 0 Å². The predicted molar refractivity (Wildman–Crippen MR) is 102 cm³/mol. The summed E-state index contributed by atoms with van der Waals surface area (Å²) < 4.78 is 0. The maximum Gasteiger partial charge on any atom is 0.336 e. The van der Waals surface area contributed by atoms with Crippen molar-refractivity contribution in [2.45, 2.75) is 9.79 Å². The van der Waals surface area contributed by atoms with Crippen molar-refractivity contribution in [1.82, 2.24) is 0 Å². The Labute approximate surface area is 158 Å². The number of carbonyl (C=O) groups is 3. The minimum Gasteiger partial charge on any atom is -0.478 e. The molecular weight excluding hydrogens is 362 g/mol. The van der Waals surface area contributed by atoms with E-state index >= 15 is 0 Å². The first kappa shape index (κ1) is 17.1. The van der Waals surface area contributed by atoms with E-state index in [1.807, 2.05) is 0 Å². The van der Waals surface area contributed by atoms with Crippen molar-refractivity contribution in [3.05, 3.63) is 88.5 Å². The minimum atomic E-state index is -1.06. The first-order valence-electron chi connectivity index (χ1n) is 8.10. The Hall–Kier alpha value is -3.38. The van der Waals surface area contributed by atoms with Crippen LogP contribution in [0.5, 0.6) is 0 Å². The van der Waals surface area contributed by atoms with Crippen LogP contribution in [0.3, 0.4) is 0 Å². The summed E-state index contributed by atoms with van der Waals surface area (Å²) in [5.41, 5.74) is 7.43. The summed E-state index contributed by atoms with van der Waals surface area (Å²) in [6, 6.07) is 16.4. The summed E-state index contributed by atoms with van der Waals surface area (Å²) in [5, 5.41) is 9.40. The van der Waals surface area contributed by atoms with Crippen LogP contribution in [0, 0.1) is 0 Å². The highest BCUT2D eigenvalue weighted by Gasteiger charge is 2.33. The van der Waals surface area contributed by atoms with Crippen LogP contribution < -0.4 is 5.73 Å². The maximum atomic E-state index is 13.1. The standard InChI is InChI=1S/C21H13NO4S/c22-14-9-10-16(27-15-8-4-3-7-13(15)21(25)26)18-17(14)19(23)11-5-1-2-6-12(11)20(18)24/h1-10H,22H2,(H,25,26). The molecule has 27 heavy (non-hydrogen) atoms. The number of hydrogen-bond acceptors (Lipinski definition) is 5. The number of anilines is 1. The molecule has 0 atom stereocenters. The molecule has 5 nitrogen and oxygen atoms in total. The number of carboxylic acid groups (broad SMARTS) is 1. The third-order valence-electron chi connectivity index (χ3n) is 4.41. The molecule has 3 N–H and O–H groups in total. The van der Waals surface area contributed by atoms with Gasteiger partial charge >= 0.3 is 5.97 Å². The number of hydrogen-bond donors (Lipinski definition) is 2. The molecule has 0 aliphatic heterocycles. The van der Waals surface area contributed by atoms with E-state index in [1.54, 1.807) is 54.6 Å². The SMILES string of the molecule is Nc1ccc(Sc2ccccc2C(=O)O)c2c1C(=O)c1ccccc1C2=O. The van der Waals surface area contributed by atoms with Crippen molar-refractivity contribution in [3.63, 3.8) is 0 Å². The molecule has 0 spiro atoms. The summed E-state index contributed by atoms with van der Waals surface area (Å²) in [7, 11) is 0. The highest BCUT2D eigenvalue weighted by atomic mass is 32.2. The van der Waals surface area contributed by atoms with Crippen molar-refractivity contribution in [3.8, 4) is 0 Å². The number of nitrogens with two attached hydrogens (primary N) is 1. The summed E-state index contributed by atoms with van der Waals surface area (Å²) in [4.78, 5) is 38.5. The molecule has 1 aliphatic carbocycles. The van der Waals surface area contributed by atoms with Crippen LogP contribution in [0.15, 0.2) is 70.5 Å². The van der Waals surface area contributed by atoms with Gasteiger partial charge in [0.05, 0.1) is 11.1 Å². The fraction of sp³-hybridized carbons (Fsp3) is 0. The molecule has 0 heterocycles. The summed E-state index contributed by atoms with van der Waals surface area (Å²) in [5.74, 6) is -1.65. The number of carbonyl (C=O) groups excluding carboxylic acids is 2. The molecule has 0 aromatic heterocycles. The Bertz CT molecular complexity index is 1140. The van der Waals surface area contributed by atoms with Gasteiger partial charge in [0.25, 0.3) is 0 Å². The molecule has 0 fully saturated rings. The smallest absolute Gasteiger partial charge is 0.336 e. The van der Waals surface area contributed by atoms with Crippen LogP contribution in [0.2, 0.25) is 0 Å². The molecule has 0 bridgehead atoms. The maximum absolute atomic E-state index is 13.1. The van der Waals surface area contributed by atoms with E-state index in [1.165, 1.54) is 6.07 Å². The van der Waals surface area contributed by atoms with E-state index in [4.69, 9.17) is 5.73 Å². The Kier molecular flexibility index (Phi) is 4.05. The minimum absolute atomic E-state index is 0.128. The second kappa shape index (κ2) is 6.41. The Morgan fingerprint density at radius 3 is 2.04 bits per heavy atom. The molecule has 0 saturated carbocycles. The van der Waals surface area contributed by atoms with Crippen LogP contribution in [-0.4, -0.2) is 22.6 Å². The lowest BCUT2D eigenvalue weighted by atomic mass is 9.83. The Balaban J connectivity index is 1.90. The topological polar surface area (TPSA) is 97.5 Å². The lowest BCUT2D eigenvalue weighted by Gasteiger charge is -2.21. The highest BCUT2D eigenvalue weighted by molar-refractivity contribution is 7.99. The van der Waals surface area contributed by atoms with Gasteiger partial charge in [0.2, 0.25) is 0 Å².